The van der Waals surface area contributed by atoms with Crippen molar-refractivity contribution in [2.45, 2.75) is 41.3 Å². The van der Waals surface area contributed by atoms with Crippen LogP contribution < -0.4 is 5.32 Å². The molecular formula is C19H18FN3OS. The van der Waals surface area contributed by atoms with Crippen LogP contribution in [-0.4, -0.2) is 19.8 Å². The fourth-order valence-electron chi connectivity index (χ4n) is 4.30. The minimum Gasteiger partial charge on any atom is -0.347 e. The fraction of sp³-hybridized carbons (Fsp3) is 0.316. The van der Waals surface area contributed by atoms with E-state index in [-0.39, 0.29) is 5.03 Å². The van der Waals surface area contributed by atoms with E-state index in [1.807, 2.05) is 18.2 Å². The predicted octanol–water partition coefficient (Wildman–Crippen LogP) is 3.23. The first-order valence-electron chi connectivity index (χ1n) is 8.52. The molecule has 2 aliphatic heterocycles. The third-order valence-corrected chi connectivity index (χ3v) is 6.75. The minimum atomic E-state index is -1.49. The molecule has 3 atom stereocenters. The first-order valence-corrected chi connectivity index (χ1v) is 9.67. The van der Waals surface area contributed by atoms with Gasteiger partial charge in [0.15, 0.2) is 0 Å². The van der Waals surface area contributed by atoms with Gasteiger partial charge >= 0.3 is 0 Å². The Morgan fingerprint density at radius 2 is 2.16 bits per heavy atom. The Bertz CT molecular complexity index is 1030. The van der Waals surface area contributed by atoms with Gasteiger partial charge in [0.1, 0.15) is 21.6 Å². The lowest BCUT2D eigenvalue weighted by Gasteiger charge is -2.23. The zero-order valence-electron chi connectivity index (χ0n) is 13.8. The Hall–Kier alpha value is -2.05. The van der Waals surface area contributed by atoms with Crippen molar-refractivity contribution in [2.75, 3.05) is 0 Å². The molecule has 0 aliphatic carbocycles. The van der Waals surface area contributed by atoms with E-state index in [1.165, 1.54) is 36.0 Å². The monoisotopic (exact) mass is 355 g/mol. The molecule has 25 heavy (non-hydrogen) atoms. The largest absolute Gasteiger partial charge is 0.347 e. The van der Waals surface area contributed by atoms with Crippen LogP contribution in [0, 0.1) is 5.82 Å². The third kappa shape index (κ3) is 2.28. The molecule has 6 heteroatoms. The summed E-state index contributed by atoms with van der Waals surface area (Å²) in [5, 5.41) is 5.09. The van der Waals surface area contributed by atoms with Gasteiger partial charge in [-0.1, -0.05) is 0 Å². The molecular weight excluding hydrogens is 337 g/mol. The molecule has 0 saturated carbocycles. The number of nitrogens with one attached hydrogen (secondary N) is 1. The van der Waals surface area contributed by atoms with Crippen LogP contribution in [0.2, 0.25) is 0 Å². The van der Waals surface area contributed by atoms with Gasteiger partial charge in [0.05, 0.1) is 0 Å². The summed E-state index contributed by atoms with van der Waals surface area (Å²) in [6.07, 6.45) is 4.75. The zero-order chi connectivity index (χ0) is 17.1. The molecule has 2 bridgehead atoms. The lowest BCUT2D eigenvalue weighted by molar-refractivity contribution is 0.503. The molecule has 2 aromatic heterocycles. The molecule has 1 aromatic carbocycles. The fourth-order valence-corrected chi connectivity index (χ4v) is 5.34. The van der Waals surface area contributed by atoms with Crippen molar-refractivity contribution in [2.24, 2.45) is 7.05 Å². The molecule has 3 aromatic rings. The maximum absolute atomic E-state index is 13.4. The van der Waals surface area contributed by atoms with E-state index in [1.54, 1.807) is 0 Å². The first-order chi connectivity index (χ1) is 12.1. The number of halogens is 1. The summed E-state index contributed by atoms with van der Waals surface area (Å²) in [6.45, 7) is 0. The van der Waals surface area contributed by atoms with E-state index in [2.05, 4.69) is 21.9 Å². The van der Waals surface area contributed by atoms with Gasteiger partial charge in [-0.15, -0.1) is 0 Å². The van der Waals surface area contributed by atoms with Gasteiger partial charge in [0.25, 0.3) is 0 Å². The lowest BCUT2D eigenvalue weighted by atomic mass is 9.99. The molecule has 0 spiro atoms. The Morgan fingerprint density at radius 1 is 1.28 bits per heavy atom. The summed E-state index contributed by atoms with van der Waals surface area (Å²) in [7, 11) is 0.620. The summed E-state index contributed by atoms with van der Waals surface area (Å²) in [5.41, 5.74) is 3.89. The standard InChI is InChI=1S/C19H18FN3OS/c1-23-16-5-3-13(25(24)18-8-11(20)6-7-21-18)10-14(16)19-15-4-2-12(22-15)9-17(19)23/h3,5-8,10,12,15,22H,2,4,9H2,1H3. The van der Waals surface area contributed by atoms with E-state index in [0.717, 1.165) is 23.7 Å². The summed E-state index contributed by atoms with van der Waals surface area (Å²) in [4.78, 5) is 4.73. The maximum atomic E-state index is 13.4. The summed E-state index contributed by atoms with van der Waals surface area (Å²) in [5.74, 6) is -0.419. The second-order valence-corrected chi connectivity index (χ2v) is 8.30. The van der Waals surface area contributed by atoms with Gasteiger partial charge in [-0.2, -0.15) is 0 Å². The van der Waals surface area contributed by atoms with Crippen LogP contribution in [0.4, 0.5) is 4.39 Å². The number of hydrogen-bond acceptors (Lipinski definition) is 3. The molecule has 5 rings (SSSR count). The number of aryl methyl sites for hydroxylation is 1. The number of aromatic nitrogens is 2. The number of fused-ring (bicyclic) bond motifs is 6. The second-order valence-electron chi connectivity index (χ2n) is 6.88. The molecule has 1 saturated heterocycles. The van der Waals surface area contributed by atoms with E-state index >= 15 is 0 Å². The SMILES string of the molecule is Cn1c2c(c3cc(S(=O)c4cc(F)ccn4)ccc31)C1CCC(C2)N1. The number of nitrogens with zero attached hydrogens (tertiary/aromatic N) is 2. The maximum Gasteiger partial charge on any atom is 0.135 e. The van der Waals surface area contributed by atoms with Crippen molar-refractivity contribution in [3.05, 3.63) is 53.6 Å². The first kappa shape index (κ1) is 15.2. The molecule has 2 aliphatic rings. The molecule has 128 valence electrons. The van der Waals surface area contributed by atoms with Crippen LogP contribution in [0.15, 0.2) is 46.5 Å². The number of hydrogen-bond donors (Lipinski definition) is 1. The molecule has 4 nitrogen and oxygen atoms in total. The summed E-state index contributed by atoms with van der Waals surface area (Å²) < 4.78 is 28.5. The topological polar surface area (TPSA) is 46.9 Å². The van der Waals surface area contributed by atoms with Crippen LogP contribution in [-0.2, 0) is 24.3 Å². The predicted molar refractivity (Wildman–Crippen MR) is 94.4 cm³/mol. The van der Waals surface area contributed by atoms with Crippen molar-refractivity contribution in [1.82, 2.24) is 14.9 Å². The summed E-state index contributed by atoms with van der Waals surface area (Å²) in [6, 6.07) is 9.34. The van der Waals surface area contributed by atoms with Gasteiger partial charge < -0.3 is 9.88 Å². The zero-order valence-corrected chi connectivity index (χ0v) is 14.6. The highest BCUT2D eigenvalue weighted by atomic mass is 32.2. The van der Waals surface area contributed by atoms with E-state index < -0.39 is 16.6 Å². The summed E-state index contributed by atoms with van der Waals surface area (Å²) >= 11 is 0. The van der Waals surface area contributed by atoms with Gasteiger partial charge in [-0.25, -0.2) is 13.6 Å². The van der Waals surface area contributed by atoms with Crippen LogP contribution in [0.3, 0.4) is 0 Å². The lowest BCUT2D eigenvalue weighted by Crippen LogP contribution is -2.32. The highest BCUT2D eigenvalue weighted by Gasteiger charge is 2.35. The van der Waals surface area contributed by atoms with E-state index in [9.17, 15) is 8.60 Å². The molecule has 0 radical (unpaired) electrons. The van der Waals surface area contributed by atoms with E-state index in [0.29, 0.717) is 17.0 Å². The van der Waals surface area contributed by atoms with Crippen molar-refractivity contribution < 1.29 is 8.60 Å². The number of benzene rings is 1. The van der Waals surface area contributed by atoms with Gasteiger partial charge in [0, 0.05) is 59.3 Å². The molecule has 3 unspecified atom stereocenters. The average Bonchev–Trinajstić information content (AvgIpc) is 3.13. The Kier molecular flexibility index (Phi) is 3.33. The average molecular weight is 355 g/mol. The van der Waals surface area contributed by atoms with Crippen LogP contribution in [0.5, 0.6) is 0 Å². The van der Waals surface area contributed by atoms with Crippen molar-refractivity contribution >= 4 is 21.7 Å². The highest BCUT2D eigenvalue weighted by Crippen LogP contribution is 2.41. The Balaban J connectivity index is 1.66. The van der Waals surface area contributed by atoms with E-state index in [4.69, 9.17) is 0 Å². The van der Waals surface area contributed by atoms with Crippen LogP contribution >= 0.6 is 0 Å². The second kappa shape index (κ2) is 5.47. The molecule has 0 amide bonds. The quantitative estimate of drug-likeness (QED) is 0.768. The highest BCUT2D eigenvalue weighted by molar-refractivity contribution is 7.85. The molecule has 1 N–H and O–H groups in total. The number of pyridine rings is 1. The Labute approximate surface area is 147 Å². The molecule has 4 heterocycles. The van der Waals surface area contributed by atoms with Crippen molar-refractivity contribution in [3.63, 3.8) is 0 Å². The van der Waals surface area contributed by atoms with Gasteiger partial charge in [-0.3, -0.25) is 0 Å². The third-order valence-electron chi connectivity index (χ3n) is 5.47. The van der Waals surface area contributed by atoms with Gasteiger partial charge in [-0.05, 0) is 42.7 Å². The minimum absolute atomic E-state index is 0.253. The van der Waals surface area contributed by atoms with Crippen molar-refractivity contribution in [1.29, 1.82) is 0 Å². The van der Waals surface area contributed by atoms with Crippen molar-refractivity contribution in [3.8, 4) is 0 Å². The number of rotatable bonds is 2. The van der Waals surface area contributed by atoms with Gasteiger partial charge in [0.2, 0.25) is 0 Å². The van der Waals surface area contributed by atoms with Crippen LogP contribution in [0.25, 0.3) is 10.9 Å². The molecule has 1 fully saturated rings. The van der Waals surface area contributed by atoms with Crippen LogP contribution in [0.1, 0.15) is 30.1 Å². The smallest absolute Gasteiger partial charge is 0.135 e. The normalized spacial score (nSPS) is 23.0. The Morgan fingerprint density at radius 3 is 3.00 bits per heavy atom.